The lowest BCUT2D eigenvalue weighted by molar-refractivity contribution is 0.0943. The van der Waals surface area contributed by atoms with Gasteiger partial charge in [-0.2, -0.15) is 0 Å². The van der Waals surface area contributed by atoms with Gasteiger partial charge in [0.1, 0.15) is 0 Å². The molecule has 2 heteroatoms. The van der Waals surface area contributed by atoms with E-state index in [2.05, 4.69) is 19.2 Å². The van der Waals surface area contributed by atoms with E-state index in [1.165, 1.54) is 6.42 Å². The van der Waals surface area contributed by atoms with Crippen LogP contribution in [0.25, 0.3) is 0 Å². The van der Waals surface area contributed by atoms with Crippen molar-refractivity contribution < 1.29 is 4.74 Å². The summed E-state index contributed by atoms with van der Waals surface area (Å²) < 4.78 is 5.23. The Morgan fingerprint density at radius 1 is 1.25 bits per heavy atom. The van der Waals surface area contributed by atoms with E-state index in [0.717, 1.165) is 19.5 Å². The molecule has 1 atom stereocenters. The highest BCUT2D eigenvalue weighted by molar-refractivity contribution is 4.58. The molecule has 0 aliphatic carbocycles. The molecule has 1 N–H and O–H groups in total. The molecule has 0 aromatic carbocycles. The van der Waals surface area contributed by atoms with Crippen LogP contribution in [0.2, 0.25) is 0 Å². The summed E-state index contributed by atoms with van der Waals surface area (Å²) >= 11 is 0. The number of hydrogen-bond acceptors (Lipinski definition) is 2. The van der Waals surface area contributed by atoms with E-state index in [-0.39, 0.29) is 0 Å². The second-order valence-electron chi connectivity index (χ2n) is 2.45. The molecule has 0 spiro atoms. The molecule has 0 fully saturated rings. The highest BCUT2D eigenvalue weighted by Crippen LogP contribution is 1.98. The summed E-state index contributed by atoms with van der Waals surface area (Å²) in [6, 6.07) is 0. The molecule has 76 valence electrons. The first-order chi connectivity index (χ1) is 5.85. The van der Waals surface area contributed by atoms with Crippen molar-refractivity contribution in [3.63, 3.8) is 0 Å². The topological polar surface area (TPSA) is 21.3 Å². The van der Waals surface area contributed by atoms with Gasteiger partial charge in [-0.3, -0.25) is 0 Å². The Balaban J connectivity index is 0. The Morgan fingerprint density at radius 2 is 1.83 bits per heavy atom. The van der Waals surface area contributed by atoms with E-state index in [1.807, 2.05) is 13.8 Å². The van der Waals surface area contributed by atoms with Gasteiger partial charge in [0.05, 0.1) is 6.10 Å². The first-order valence-electron chi connectivity index (χ1n) is 5.08. The van der Waals surface area contributed by atoms with Crippen LogP contribution < -0.4 is 5.32 Å². The van der Waals surface area contributed by atoms with Crippen molar-refractivity contribution in [3.8, 4) is 0 Å². The number of nitrogens with one attached hydrogen (secondary N) is 1. The lowest BCUT2D eigenvalue weighted by Crippen LogP contribution is -2.27. The van der Waals surface area contributed by atoms with Gasteiger partial charge < -0.3 is 10.1 Å². The van der Waals surface area contributed by atoms with Crippen LogP contribution in [0.15, 0.2) is 0 Å². The number of hydrogen-bond donors (Lipinski definition) is 1. The van der Waals surface area contributed by atoms with E-state index in [4.69, 9.17) is 4.74 Å². The normalized spacial score (nSPS) is 11.8. The van der Waals surface area contributed by atoms with Crippen LogP contribution >= 0.6 is 0 Å². The van der Waals surface area contributed by atoms with Crippen LogP contribution in [0, 0.1) is 0 Å². The molecule has 0 aliphatic rings. The van der Waals surface area contributed by atoms with E-state index >= 15 is 0 Å². The fourth-order valence-corrected chi connectivity index (χ4v) is 0.931. The number of likely N-dealkylation sites (N-methyl/N-ethyl adjacent to an activating group) is 1. The molecule has 0 aromatic heterocycles. The Kier molecular flexibility index (Phi) is 16.3. The summed E-state index contributed by atoms with van der Waals surface area (Å²) in [4.78, 5) is 0. The molecule has 0 radical (unpaired) electrons. The molecule has 12 heavy (non-hydrogen) atoms. The molecule has 0 amide bonds. The molecule has 0 bridgehead atoms. The summed E-state index contributed by atoms with van der Waals surface area (Å²) in [5.41, 5.74) is 0. The predicted octanol–water partition coefficient (Wildman–Crippen LogP) is 2.44. The zero-order chi connectivity index (χ0) is 9.82. The second-order valence-corrected chi connectivity index (χ2v) is 2.45. The van der Waals surface area contributed by atoms with Crippen molar-refractivity contribution in [1.29, 1.82) is 0 Å². The van der Waals surface area contributed by atoms with Crippen molar-refractivity contribution >= 4 is 0 Å². The fraction of sp³-hybridized carbons (Fsp3) is 1.00. The maximum Gasteiger partial charge on any atom is 0.0695 e. The van der Waals surface area contributed by atoms with Gasteiger partial charge in [0, 0.05) is 13.7 Å². The summed E-state index contributed by atoms with van der Waals surface area (Å²) in [6.07, 6.45) is 2.76. The van der Waals surface area contributed by atoms with E-state index in [1.54, 1.807) is 7.11 Å². The third-order valence-electron chi connectivity index (χ3n) is 1.57. The van der Waals surface area contributed by atoms with Crippen LogP contribution in [0.5, 0.6) is 0 Å². The van der Waals surface area contributed by atoms with E-state index in [0.29, 0.717) is 6.10 Å². The van der Waals surface area contributed by atoms with Crippen LogP contribution in [0.4, 0.5) is 0 Å². The van der Waals surface area contributed by atoms with Crippen molar-refractivity contribution in [2.75, 3.05) is 20.2 Å². The van der Waals surface area contributed by atoms with Crippen molar-refractivity contribution in [3.05, 3.63) is 0 Å². The minimum Gasteiger partial charge on any atom is -0.380 e. The standard InChI is InChI=1S/C8H19NO.C2H6/c1-4-6-8(10-3)7-9-5-2;1-2/h8-9H,4-7H2,1-3H3;1-2H3. The minimum atomic E-state index is 0.407. The van der Waals surface area contributed by atoms with Gasteiger partial charge in [-0.05, 0) is 13.0 Å². The van der Waals surface area contributed by atoms with Gasteiger partial charge in [-0.1, -0.05) is 34.1 Å². The smallest absolute Gasteiger partial charge is 0.0695 e. The zero-order valence-electron chi connectivity index (χ0n) is 9.31. The van der Waals surface area contributed by atoms with Crippen molar-refractivity contribution in [1.82, 2.24) is 5.32 Å². The van der Waals surface area contributed by atoms with Gasteiger partial charge in [-0.15, -0.1) is 0 Å². The largest absolute Gasteiger partial charge is 0.380 e. The Morgan fingerprint density at radius 3 is 2.17 bits per heavy atom. The molecule has 1 unspecified atom stereocenters. The number of rotatable bonds is 6. The second kappa shape index (κ2) is 13.5. The third kappa shape index (κ3) is 9.92. The fourth-order valence-electron chi connectivity index (χ4n) is 0.931. The van der Waals surface area contributed by atoms with Crippen LogP contribution in [-0.2, 0) is 4.74 Å². The SMILES string of the molecule is CC.CCCC(CNCC)OC. The summed E-state index contributed by atoms with van der Waals surface area (Å²) in [5, 5.41) is 3.26. The van der Waals surface area contributed by atoms with Gasteiger partial charge >= 0.3 is 0 Å². The molecule has 0 heterocycles. The summed E-state index contributed by atoms with van der Waals surface area (Å²) in [7, 11) is 1.78. The third-order valence-corrected chi connectivity index (χ3v) is 1.57. The maximum atomic E-state index is 5.23. The Hall–Kier alpha value is -0.0800. The molecule has 0 saturated heterocycles. The highest BCUT2D eigenvalue weighted by Gasteiger charge is 2.02. The molecule has 0 rings (SSSR count). The first-order valence-corrected chi connectivity index (χ1v) is 5.08. The van der Waals surface area contributed by atoms with Gasteiger partial charge in [-0.25, -0.2) is 0 Å². The van der Waals surface area contributed by atoms with Crippen molar-refractivity contribution in [2.45, 2.75) is 46.6 Å². The number of ether oxygens (including phenoxy) is 1. The molecule has 2 nitrogen and oxygen atoms in total. The van der Waals surface area contributed by atoms with E-state index < -0.39 is 0 Å². The van der Waals surface area contributed by atoms with Crippen LogP contribution in [0.1, 0.15) is 40.5 Å². The van der Waals surface area contributed by atoms with Crippen molar-refractivity contribution in [2.24, 2.45) is 0 Å². The Labute approximate surface area is 77.7 Å². The van der Waals surface area contributed by atoms with E-state index in [9.17, 15) is 0 Å². The number of methoxy groups -OCH3 is 1. The van der Waals surface area contributed by atoms with Gasteiger partial charge in [0.25, 0.3) is 0 Å². The quantitative estimate of drug-likeness (QED) is 0.669. The van der Waals surface area contributed by atoms with Crippen LogP contribution in [-0.4, -0.2) is 26.3 Å². The van der Waals surface area contributed by atoms with Crippen LogP contribution in [0.3, 0.4) is 0 Å². The molecule has 0 saturated carbocycles. The summed E-state index contributed by atoms with van der Waals surface area (Å²) in [6.45, 7) is 10.3. The molecule has 0 aliphatic heterocycles. The maximum absolute atomic E-state index is 5.23. The first kappa shape index (κ1) is 14.4. The molecule has 0 aromatic rings. The molecular formula is C10H25NO. The van der Waals surface area contributed by atoms with Gasteiger partial charge in [0.15, 0.2) is 0 Å². The molecular weight excluding hydrogens is 150 g/mol. The Bertz CT molecular complexity index is 66.9. The summed E-state index contributed by atoms with van der Waals surface area (Å²) in [5.74, 6) is 0. The lowest BCUT2D eigenvalue weighted by Gasteiger charge is -2.13. The zero-order valence-corrected chi connectivity index (χ0v) is 9.31. The lowest BCUT2D eigenvalue weighted by atomic mass is 10.2. The average molecular weight is 175 g/mol. The highest BCUT2D eigenvalue weighted by atomic mass is 16.5. The van der Waals surface area contributed by atoms with Gasteiger partial charge in [0.2, 0.25) is 0 Å². The average Bonchev–Trinajstić information content (AvgIpc) is 2.15. The minimum absolute atomic E-state index is 0.407. The monoisotopic (exact) mass is 175 g/mol. The predicted molar refractivity (Wildman–Crippen MR) is 55.6 cm³/mol.